The minimum atomic E-state index is 0.653. The number of anilines is 1. The largest absolute Gasteiger partial charge is 0.457 e. The summed E-state index contributed by atoms with van der Waals surface area (Å²) >= 11 is 4.25. The summed E-state index contributed by atoms with van der Waals surface area (Å²) in [6.07, 6.45) is 0. The Kier molecular flexibility index (Phi) is 3.06. The fourth-order valence-corrected chi connectivity index (χ4v) is 1.60. The predicted molar refractivity (Wildman–Crippen MR) is 69.4 cm³/mol. The van der Waals surface area contributed by atoms with E-state index in [4.69, 9.17) is 10.5 Å². The van der Waals surface area contributed by atoms with E-state index in [1.807, 2.05) is 37.3 Å². The molecule has 0 aliphatic carbocycles. The summed E-state index contributed by atoms with van der Waals surface area (Å²) in [5, 5.41) is 0. The molecule has 0 aliphatic rings. The molecule has 0 saturated heterocycles. The summed E-state index contributed by atoms with van der Waals surface area (Å²) in [5.74, 6) is 1.56. The second-order valence-electron chi connectivity index (χ2n) is 3.64. The number of rotatable bonds is 2. The van der Waals surface area contributed by atoms with Gasteiger partial charge in [0.25, 0.3) is 0 Å². The van der Waals surface area contributed by atoms with E-state index in [-0.39, 0.29) is 0 Å². The summed E-state index contributed by atoms with van der Waals surface area (Å²) in [6.45, 7) is 2.03. The molecule has 2 aromatic carbocycles. The lowest BCUT2D eigenvalue weighted by molar-refractivity contribution is 0.481. The van der Waals surface area contributed by atoms with Crippen molar-refractivity contribution in [1.82, 2.24) is 0 Å². The first-order valence-corrected chi connectivity index (χ1v) is 5.43. The quantitative estimate of drug-likeness (QED) is 0.611. The van der Waals surface area contributed by atoms with E-state index in [2.05, 4.69) is 12.6 Å². The number of hydrogen-bond acceptors (Lipinski definition) is 3. The van der Waals surface area contributed by atoms with Crippen LogP contribution < -0.4 is 10.5 Å². The Morgan fingerprint density at radius 1 is 1.06 bits per heavy atom. The highest BCUT2D eigenvalue weighted by Crippen LogP contribution is 2.27. The number of nitrogens with two attached hydrogens (primary N) is 1. The number of benzene rings is 2. The van der Waals surface area contributed by atoms with Crippen LogP contribution in [0.5, 0.6) is 11.5 Å². The van der Waals surface area contributed by atoms with Gasteiger partial charge >= 0.3 is 0 Å². The van der Waals surface area contributed by atoms with Crippen molar-refractivity contribution in [2.75, 3.05) is 5.73 Å². The van der Waals surface area contributed by atoms with Crippen LogP contribution in [0.2, 0.25) is 0 Å². The fraction of sp³-hybridized carbons (Fsp3) is 0.0769. The van der Waals surface area contributed by atoms with Crippen molar-refractivity contribution in [3.63, 3.8) is 0 Å². The molecule has 0 saturated carbocycles. The van der Waals surface area contributed by atoms with E-state index < -0.39 is 0 Å². The summed E-state index contributed by atoms with van der Waals surface area (Å²) in [6, 6.07) is 13.3. The molecule has 2 N–H and O–H groups in total. The molecule has 82 valence electrons. The van der Waals surface area contributed by atoms with Gasteiger partial charge in [-0.3, -0.25) is 0 Å². The summed E-state index contributed by atoms with van der Waals surface area (Å²) in [5.41, 5.74) is 7.49. The predicted octanol–water partition coefficient (Wildman–Crippen LogP) is 3.66. The molecule has 2 nitrogen and oxygen atoms in total. The topological polar surface area (TPSA) is 35.2 Å². The standard InChI is InChI=1S/C13H13NOS/c1-9-3-2-4-10(7-9)15-11-5-6-12(14)13(16)8-11/h2-8,16H,14H2,1H3. The maximum absolute atomic E-state index is 5.69. The average molecular weight is 231 g/mol. The van der Waals surface area contributed by atoms with Gasteiger partial charge in [0.2, 0.25) is 0 Å². The number of ether oxygens (including phenoxy) is 1. The lowest BCUT2D eigenvalue weighted by atomic mass is 10.2. The Labute approximate surface area is 100 Å². The average Bonchev–Trinajstić information content (AvgIpc) is 2.24. The van der Waals surface area contributed by atoms with E-state index in [0.717, 1.165) is 16.4 Å². The van der Waals surface area contributed by atoms with Crippen LogP contribution in [-0.2, 0) is 0 Å². The monoisotopic (exact) mass is 231 g/mol. The van der Waals surface area contributed by atoms with Crippen LogP contribution in [0.25, 0.3) is 0 Å². The zero-order valence-electron chi connectivity index (χ0n) is 8.97. The van der Waals surface area contributed by atoms with Crippen molar-refractivity contribution < 1.29 is 4.74 Å². The first kappa shape index (κ1) is 10.9. The third-order valence-electron chi connectivity index (χ3n) is 2.23. The molecule has 0 aromatic heterocycles. The van der Waals surface area contributed by atoms with Gasteiger partial charge in [-0.05, 0) is 42.8 Å². The van der Waals surface area contributed by atoms with Crippen LogP contribution in [0.3, 0.4) is 0 Å². The number of aryl methyl sites for hydroxylation is 1. The molecule has 0 heterocycles. The third-order valence-corrected chi connectivity index (χ3v) is 2.61. The van der Waals surface area contributed by atoms with Gasteiger partial charge in [0, 0.05) is 10.6 Å². The minimum Gasteiger partial charge on any atom is -0.457 e. The fourth-order valence-electron chi connectivity index (χ4n) is 1.40. The minimum absolute atomic E-state index is 0.653. The van der Waals surface area contributed by atoms with Crippen molar-refractivity contribution in [2.45, 2.75) is 11.8 Å². The molecule has 0 amide bonds. The van der Waals surface area contributed by atoms with Crippen LogP contribution in [0, 0.1) is 6.92 Å². The molecule has 0 unspecified atom stereocenters. The van der Waals surface area contributed by atoms with E-state index in [0.29, 0.717) is 5.69 Å². The lowest BCUT2D eigenvalue weighted by Crippen LogP contribution is -1.89. The van der Waals surface area contributed by atoms with Crippen LogP contribution in [0.1, 0.15) is 5.56 Å². The van der Waals surface area contributed by atoms with Crippen molar-refractivity contribution in [1.29, 1.82) is 0 Å². The number of nitrogen functional groups attached to an aromatic ring is 1. The smallest absolute Gasteiger partial charge is 0.128 e. The van der Waals surface area contributed by atoms with Gasteiger partial charge in [-0.1, -0.05) is 12.1 Å². The van der Waals surface area contributed by atoms with Gasteiger partial charge in [-0.25, -0.2) is 0 Å². The van der Waals surface area contributed by atoms with Crippen LogP contribution >= 0.6 is 12.6 Å². The second kappa shape index (κ2) is 4.49. The van der Waals surface area contributed by atoms with Crippen LogP contribution in [0.15, 0.2) is 47.4 Å². The number of hydrogen-bond donors (Lipinski definition) is 2. The van der Waals surface area contributed by atoms with Crippen molar-refractivity contribution in [2.24, 2.45) is 0 Å². The molecule has 2 aromatic rings. The van der Waals surface area contributed by atoms with Gasteiger partial charge < -0.3 is 10.5 Å². The Balaban J connectivity index is 2.24. The Hall–Kier alpha value is -1.61. The summed E-state index contributed by atoms with van der Waals surface area (Å²) < 4.78 is 5.69. The highest BCUT2D eigenvalue weighted by atomic mass is 32.1. The molecule has 0 fully saturated rings. The van der Waals surface area contributed by atoms with E-state index in [1.165, 1.54) is 5.56 Å². The molecular formula is C13H13NOS. The zero-order chi connectivity index (χ0) is 11.5. The molecule has 0 aliphatic heterocycles. The van der Waals surface area contributed by atoms with Crippen molar-refractivity contribution in [3.05, 3.63) is 48.0 Å². The van der Waals surface area contributed by atoms with Gasteiger partial charge in [0.15, 0.2) is 0 Å². The first-order chi connectivity index (χ1) is 7.65. The van der Waals surface area contributed by atoms with Gasteiger partial charge in [0.05, 0.1) is 0 Å². The summed E-state index contributed by atoms with van der Waals surface area (Å²) in [7, 11) is 0. The molecule has 16 heavy (non-hydrogen) atoms. The van der Waals surface area contributed by atoms with Gasteiger partial charge in [-0.2, -0.15) is 0 Å². The summed E-state index contributed by atoms with van der Waals surface area (Å²) in [4.78, 5) is 0.727. The first-order valence-electron chi connectivity index (χ1n) is 4.98. The van der Waals surface area contributed by atoms with Gasteiger partial charge in [0.1, 0.15) is 11.5 Å². The van der Waals surface area contributed by atoms with Crippen molar-refractivity contribution >= 4 is 18.3 Å². The molecule has 0 atom stereocenters. The molecule has 0 bridgehead atoms. The normalized spacial score (nSPS) is 10.1. The van der Waals surface area contributed by atoms with E-state index >= 15 is 0 Å². The van der Waals surface area contributed by atoms with Crippen LogP contribution in [0.4, 0.5) is 5.69 Å². The SMILES string of the molecule is Cc1cccc(Oc2ccc(N)c(S)c2)c1. The van der Waals surface area contributed by atoms with Crippen molar-refractivity contribution in [3.8, 4) is 11.5 Å². The highest BCUT2D eigenvalue weighted by Gasteiger charge is 2.00. The molecule has 3 heteroatoms. The Morgan fingerprint density at radius 3 is 2.50 bits per heavy atom. The zero-order valence-corrected chi connectivity index (χ0v) is 9.87. The lowest BCUT2D eigenvalue weighted by Gasteiger charge is -2.07. The molecule has 0 spiro atoms. The second-order valence-corrected chi connectivity index (χ2v) is 4.12. The molecular weight excluding hydrogens is 218 g/mol. The highest BCUT2D eigenvalue weighted by molar-refractivity contribution is 7.80. The van der Waals surface area contributed by atoms with E-state index in [9.17, 15) is 0 Å². The third kappa shape index (κ3) is 2.49. The Morgan fingerprint density at radius 2 is 1.81 bits per heavy atom. The molecule has 0 radical (unpaired) electrons. The number of thiol groups is 1. The van der Waals surface area contributed by atoms with Gasteiger partial charge in [-0.15, -0.1) is 12.6 Å². The maximum atomic E-state index is 5.69. The Bertz CT molecular complexity index is 511. The maximum Gasteiger partial charge on any atom is 0.128 e. The van der Waals surface area contributed by atoms with E-state index in [1.54, 1.807) is 12.1 Å². The van der Waals surface area contributed by atoms with Crippen LogP contribution in [-0.4, -0.2) is 0 Å². The molecule has 2 rings (SSSR count).